The Morgan fingerprint density at radius 1 is 1.14 bits per heavy atom. The highest BCUT2D eigenvalue weighted by Crippen LogP contribution is 2.29. The number of rotatable bonds is 9. The van der Waals surface area contributed by atoms with E-state index in [-0.39, 0.29) is 18.2 Å². The smallest absolute Gasteiger partial charge is 0.251 e. The SMILES string of the molecule is O=C(CCCNC(=O)c1ccc(Cl)cc1)Nc1nnc(SCc2cccs2)s1. The molecule has 0 radical (unpaired) electrons. The Bertz CT molecular complexity index is 913. The lowest BCUT2D eigenvalue weighted by atomic mass is 10.2. The summed E-state index contributed by atoms with van der Waals surface area (Å²) in [6.45, 7) is 0.410. The van der Waals surface area contributed by atoms with Crippen molar-refractivity contribution >= 4 is 63.0 Å². The summed E-state index contributed by atoms with van der Waals surface area (Å²) in [5.74, 6) is 0.508. The molecule has 0 aliphatic carbocycles. The molecule has 146 valence electrons. The van der Waals surface area contributed by atoms with Gasteiger partial charge >= 0.3 is 0 Å². The Morgan fingerprint density at radius 2 is 1.96 bits per heavy atom. The summed E-state index contributed by atoms with van der Waals surface area (Å²) in [6, 6.07) is 10.7. The molecule has 0 aliphatic heterocycles. The number of hydrogen-bond donors (Lipinski definition) is 2. The Hall–Kier alpha value is -1.94. The van der Waals surface area contributed by atoms with Gasteiger partial charge in [0.2, 0.25) is 11.0 Å². The number of nitrogens with zero attached hydrogens (tertiary/aromatic N) is 2. The molecule has 10 heteroatoms. The largest absolute Gasteiger partial charge is 0.352 e. The summed E-state index contributed by atoms with van der Waals surface area (Å²) in [5.41, 5.74) is 0.537. The fraction of sp³-hybridized carbons (Fsp3) is 0.222. The van der Waals surface area contributed by atoms with Gasteiger partial charge in [0, 0.05) is 34.2 Å². The van der Waals surface area contributed by atoms with Crippen LogP contribution in [0.5, 0.6) is 0 Å². The third-order valence-corrected chi connectivity index (χ3v) is 6.88. The van der Waals surface area contributed by atoms with Crippen LogP contribution in [-0.4, -0.2) is 28.6 Å². The summed E-state index contributed by atoms with van der Waals surface area (Å²) in [5, 5.41) is 16.7. The molecule has 0 aliphatic rings. The number of nitrogens with one attached hydrogen (secondary N) is 2. The van der Waals surface area contributed by atoms with Crippen LogP contribution in [-0.2, 0) is 10.5 Å². The number of carbonyl (C=O) groups excluding carboxylic acids is 2. The van der Waals surface area contributed by atoms with E-state index in [1.165, 1.54) is 16.2 Å². The van der Waals surface area contributed by atoms with Crippen LogP contribution >= 0.6 is 46.0 Å². The first-order chi connectivity index (χ1) is 13.6. The van der Waals surface area contributed by atoms with Gasteiger partial charge in [-0.1, -0.05) is 40.8 Å². The van der Waals surface area contributed by atoms with E-state index >= 15 is 0 Å². The maximum absolute atomic E-state index is 12.0. The maximum atomic E-state index is 12.0. The molecule has 0 saturated heterocycles. The molecule has 3 aromatic rings. The van der Waals surface area contributed by atoms with E-state index in [4.69, 9.17) is 11.6 Å². The molecule has 2 N–H and O–H groups in total. The predicted octanol–water partition coefficient (Wildman–Crippen LogP) is 4.69. The maximum Gasteiger partial charge on any atom is 0.251 e. The fourth-order valence-electron chi connectivity index (χ4n) is 2.18. The molecule has 0 unspecified atom stereocenters. The molecule has 0 saturated carbocycles. The number of hydrogen-bond acceptors (Lipinski definition) is 7. The molecule has 2 aromatic heterocycles. The highest BCUT2D eigenvalue weighted by atomic mass is 35.5. The normalized spacial score (nSPS) is 10.6. The topological polar surface area (TPSA) is 84.0 Å². The molecule has 0 fully saturated rings. The minimum absolute atomic E-state index is 0.147. The van der Waals surface area contributed by atoms with Crippen molar-refractivity contribution in [2.75, 3.05) is 11.9 Å². The van der Waals surface area contributed by atoms with Gasteiger partial charge in [-0.25, -0.2) is 0 Å². The van der Waals surface area contributed by atoms with Crippen molar-refractivity contribution in [1.29, 1.82) is 0 Å². The van der Waals surface area contributed by atoms with E-state index in [0.717, 1.165) is 10.1 Å². The third-order valence-electron chi connectivity index (χ3n) is 3.54. The first kappa shape index (κ1) is 20.8. The highest BCUT2D eigenvalue weighted by molar-refractivity contribution is 8.00. The molecule has 2 heterocycles. The van der Waals surface area contributed by atoms with E-state index in [0.29, 0.717) is 28.7 Å². The number of thiophene rings is 1. The van der Waals surface area contributed by atoms with Gasteiger partial charge in [-0.3, -0.25) is 9.59 Å². The predicted molar refractivity (Wildman–Crippen MR) is 115 cm³/mol. The molecule has 1 aromatic carbocycles. The summed E-state index contributed by atoms with van der Waals surface area (Å²) in [4.78, 5) is 25.3. The van der Waals surface area contributed by atoms with Crippen LogP contribution < -0.4 is 10.6 Å². The molecular weight excluding hydrogens is 436 g/mol. The Labute approximate surface area is 179 Å². The monoisotopic (exact) mass is 452 g/mol. The number of benzene rings is 1. The van der Waals surface area contributed by atoms with Gasteiger partial charge in [0.05, 0.1) is 0 Å². The van der Waals surface area contributed by atoms with Crippen molar-refractivity contribution in [2.24, 2.45) is 0 Å². The summed E-state index contributed by atoms with van der Waals surface area (Å²) >= 11 is 10.5. The van der Waals surface area contributed by atoms with Crippen LogP contribution in [0.15, 0.2) is 46.1 Å². The zero-order valence-corrected chi connectivity index (χ0v) is 17.9. The first-order valence-corrected chi connectivity index (χ1v) is 11.5. The minimum atomic E-state index is -0.186. The van der Waals surface area contributed by atoms with Crippen LogP contribution in [0.2, 0.25) is 5.02 Å². The van der Waals surface area contributed by atoms with Crippen molar-refractivity contribution < 1.29 is 9.59 Å². The van der Waals surface area contributed by atoms with E-state index in [9.17, 15) is 9.59 Å². The van der Waals surface area contributed by atoms with Crippen molar-refractivity contribution in [3.8, 4) is 0 Å². The number of halogens is 1. The highest BCUT2D eigenvalue weighted by Gasteiger charge is 2.10. The molecule has 2 amide bonds. The Morgan fingerprint density at radius 3 is 2.71 bits per heavy atom. The third kappa shape index (κ3) is 6.59. The molecule has 0 atom stereocenters. The second-order valence-corrected chi connectivity index (χ2v) is 9.32. The van der Waals surface area contributed by atoms with Crippen molar-refractivity contribution in [2.45, 2.75) is 22.9 Å². The van der Waals surface area contributed by atoms with Crippen molar-refractivity contribution in [3.05, 3.63) is 57.2 Å². The molecule has 28 heavy (non-hydrogen) atoms. The summed E-state index contributed by atoms with van der Waals surface area (Å²) in [6.07, 6.45) is 0.822. The van der Waals surface area contributed by atoms with E-state index in [1.807, 2.05) is 11.4 Å². The Balaban J connectivity index is 1.34. The van der Waals surface area contributed by atoms with Crippen LogP contribution in [0, 0.1) is 0 Å². The van der Waals surface area contributed by atoms with Gasteiger partial charge in [-0.2, -0.15) is 0 Å². The zero-order valence-electron chi connectivity index (χ0n) is 14.7. The molecule has 0 spiro atoms. The van der Waals surface area contributed by atoms with E-state index in [1.54, 1.807) is 47.4 Å². The van der Waals surface area contributed by atoms with Gasteiger partial charge in [0.15, 0.2) is 4.34 Å². The van der Waals surface area contributed by atoms with Gasteiger partial charge in [0.1, 0.15) is 0 Å². The van der Waals surface area contributed by atoms with Gasteiger partial charge in [0.25, 0.3) is 5.91 Å². The fourth-order valence-corrected chi connectivity index (χ4v) is 4.85. The summed E-state index contributed by atoms with van der Waals surface area (Å²) < 4.78 is 0.818. The second-order valence-electron chi connectivity index (χ2n) is 5.66. The van der Waals surface area contributed by atoms with Gasteiger partial charge < -0.3 is 10.6 Å². The van der Waals surface area contributed by atoms with Crippen molar-refractivity contribution in [3.63, 3.8) is 0 Å². The van der Waals surface area contributed by atoms with Gasteiger partial charge in [-0.15, -0.1) is 21.5 Å². The number of anilines is 1. The lowest BCUT2D eigenvalue weighted by molar-refractivity contribution is -0.116. The van der Waals surface area contributed by atoms with Crippen LogP contribution in [0.1, 0.15) is 28.1 Å². The number of amides is 2. The lowest BCUT2D eigenvalue weighted by Gasteiger charge is -2.05. The average molecular weight is 453 g/mol. The number of thioether (sulfide) groups is 1. The summed E-state index contributed by atoms with van der Waals surface area (Å²) in [7, 11) is 0. The average Bonchev–Trinajstić information content (AvgIpc) is 3.36. The lowest BCUT2D eigenvalue weighted by Crippen LogP contribution is -2.25. The van der Waals surface area contributed by atoms with E-state index in [2.05, 4.69) is 26.9 Å². The zero-order chi connectivity index (χ0) is 19.8. The molecular formula is C18H17ClN4O2S3. The number of aromatic nitrogens is 2. The first-order valence-electron chi connectivity index (χ1n) is 8.42. The molecule has 0 bridgehead atoms. The molecule has 6 nitrogen and oxygen atoms in total. The van der Waals surface area contributed by atoms with Crippen LogP contribution in [0.4, 0.5) is 5.13 Å². The Kier molecular flexibility index (Phi) is 7.84. The van der Waals surface area contributed by atoms with E-state index < -0.39 is 0 Å². The van der Waals surface area contributed by atoms with Crippen LogP contribution in [0.3, 0.4) is 0 Å². The minimum Gasteiger partial charge on any atom is -0.352 e. The van der Waals surface area contributed by atoms with Crippen molar-refractivity contribution in [1.82, 2.24) is 15.5 Å². The van der Waals surface area contributed by atoms with Crippen LogP contribution in [0.25, 0.3) is 0 Å². The van der Waals surface area contributed by atoms with Gasteiger partial charge in [-0.05, 0) is 42.1 Å². The number of carbonyl (C=O) groups is 2. The second kappa shape index (κ2) is 10.6. The molecule has 3 rings (SSSR count). The standard InChI is InChI=1S/C18H17ClN4O2S3/c19-13-7-5-12(6-8-13)16(25)20-9-1-4-15(24)21-17-22-23-18(28-17)27-11-14-3-2-10-26-14/h2-3,5-8,10H,1,4,9,11H2,(H,20,25)(H,21,22,24). The quantitative estimate of drug-likeness (QED) is 0.279.